The first-order valence-electron chi connectivity index (χ1n) is 18.2. The minimum Gasteiger partial charge on any atom is -1.00 e. The lowest BCUT2D eigenvalue weighted by molar-refractivity contribution is -0.697. The molecule has 0 atom stereocenters. The van der Waals surface area contributed by atoms with Crippen LogP contribution in [0, 0.1) is 0 Å². The van der Waals surface area contributed by atoms with Crippen molar-refractivity contribution in [2.24, 2.45) is 0 Å². The first kappa shape index (κ1) is 48.0. The fraction of sp³-hybridized carbons (Fsp3) is 0.349. The molecule has 0 spiro atoms. The Hall–Kier alpha value is -4.16. The number of carbonyl (C=O) groups is 2. The van der Waals surface area contributed by atoms with Gasteiger partial charge >= 0.3 is 0 Å². The predicted molar refractivity (Wildman–Crippen MR) is 221 cm³/mol. The smallest absolute Gasteiger partial charge is 0.220 e. The van der Waals surface area contributed by atoms with Crippen LogP contribution in [0.25, 0.3) is 24.3 Å². The Labute approximate surface area is 352 Å². The summed E-state index contributed by atoms with van der Waals surface area (Å²) < 4.78 is 25.6. The molecule has 0 aliphatic rings. The molecule has 9 nitrogen and oxygen atoms in total. The SMILES string of the molecule is COc1ccc(/C=C/c2cc[n+](CCCC(=O)CCCSSCCNC(=O)CCC[n+]3ccc(/C=C/c4ccc(OC)c(OC)c4)cc3)cc2)cc1OC.[Cl-].[Cl-]. The van der Waals surface area contributed by atoms with Gasteiger partial charge in [0.1, 0.15) is 18.9 Å². The van der Waals surface area contributed by atoms with Crippen LogP contribution in [0.1, 0.15) is 60.8 Å². The van der Waals surface area contributed by atoms with Crippen LogP contribution < -0.4 is 58.2 Å². The molecular weight excluding hydrogens is 790 g/mol. The van der Waals surface area contributed by atoms with Crippen LogP contribution in [0.15, 0.2) is 85.5 Å². The fourth-order valence-corrected chi connectivity index (χ4v) is 7.52. The van der Waals surface area contributed by atoms with Crippen molar-refractivity contribution < 1.29 is 62.5 Å². The summed E-state index contributed by atoms with van der Waals surface area (Å²) in [4.78, 5) is 24.7. The van der Waals surface area contributed by atoms with E-state index in [4.69, 9.17) is 18.9 Å². The highest BCUT2D eigenvalue weighted by atomic mass is 35.5. The van der Waals surface area contributed by atoms with Crippen LogP contribution in [0.2, 0.25) is 0 Å². The monoisotopic (exact) mass is 841 g/mol. The Balaban J connectivity index is 0.00000541. The highest BCUT2D eigenvalue weighted by Crippen LogP contribution is 2.29. The van der Waals surface area contributed by atoms with E-state index < -0.39 is 0 Å². The molecule has 4 aromatic rings. The number of carbonyl (C=O) groups excluding carboxylic acids is 2. The average Bonchev–Trinajstić information content (AvgIpc) is 3.20. The molecule has 4 rings (SSSR count). The zero-order chi connectivity index (χ0) is 38.4. The van der Waals surface area contributed by atoms with Gasteiger partial charge in [0, 0.05) is 74.4 Å². The molecule has 0 bridgehead atoms. The molecule has 56 heavy (non-hydrogen) atoms. The second-order valence-corrected chi connectivity index (χ2v) is 15.2. The van der Waals surface area contributed by atoms with Gasteiger partial charge < -0.3 is 49.1 Å². The van der Waals surface area contributed by atoms with Crippen molar-refractivity contribution >= 4 is 57.6 Å². The highest BCUT2D eigenvalue weighted by molar-refractivity contribution is 8.76. The first-order valence-corrected chi connectivity index (χ1v) is 20.7. The van der Waals surface area contributed by atoms with E-state index in [2.05, 4.69) is 63.3 Å². The van der Waals surface area contributed by atoms with E-state index in [9.17, 15) is 9.59 Å². The summed E-state index contributed by atoms with van der Waals surface area (Å²) in [6.07, 6.45) is 20.6. The number of hydrogen-bond acceptors (Lipinski definition) is 8. The minimum absolute atomic E-state index is 0. The highest BCUT2D eigenvalue weighted by Gasteiger charge is 2.08. The van der Waals surface area contributed by atoms with Crippen LogP contribution in [0.4, 0.5) is 0 Å². The van der Waals surface area contributed by atoms with Crippen LogP contribution in [0.3, 0.4) is 0 Å². The number of nitrogens with one attached hydrogen (secondary N) is 1. The third-order valence-electron chi connectivity index (χ3n) is 8.55. The number of pyridine rings is 2. The Morgan fingerprint density at radius 2 is 0.982 bits per heavy atom. The van der Waals surface area contributed by atoms with Gasteiger partial charge in [-0.05, 0) is 52.9 Å². The standard InChI is InChI=1S/C43H52N3O6S2.2ClH/c1-49-39-17-15-36(32-41(39)51-3)13-11-34-19-26-45(27-20-34)24-5-8-38(47)9-7-30-53-54-31-23-44-43(48)10-6-25-46-28-21-35(22-29-46)12-14-37-16-18-40(50-2)42(33-37)52-4;;/h11-22,26-29,32-33H,5-10,23-25,30-31H2,1-4H3;2*1H/q+1;;/p-1/b13-11+,14-12+;;. The number of aryl methyl sites for hydroxylation is 2. The summed E-state index contributed by atoms with van der Waals surface area (Å²) in [5, 5.41) is 3.02. The molecule has 0 aliphatic carbocycles. The van der Waals surface area contributed by atoms with Gasteiger partial charge in [-0.3, -0.25) is 9.59 Å². The van der Waals surface area contributed by atoms with Crippen LogP contribution in [-0.2, 0) is 22.7 Å². The lowest BCUT2D eigenvalue weighted by Gasteiger charge is -2.07. The second-order valence-electron chi connectivity index (χ2n) is 12.5. The van der Waals surface area contributed by atoms with Gasteiger partial charge in [-0.25, -0.2) is 9.13 Å². The minimum atomic E-state index is 0. The van der Waals surface area contributed by atoms with Crippen molar-refractivity contribution in [2.75, 3.05) is 46.5 Å². The number of aromatic nitrogens is 2. The maximum atomic E-state index is 12.4. The number of amides is 1. The molecule has 1 amide bonds. The van der Waals surface area contributed by atoms with Gasteiger partial charge in [0.05, 0.1) is 28.4 Å². The molecule has 302 valence electrons. The summed E-state index contributed by atoms with van der Waals surface area (Å²) in [6, 6.07) is 19.9. The first-order chi connectivity index (χ1) is 26.4. The topological polar surface area (TPSA) is 90.9 Å². The summed E-state index contributed by atoms with van der Waals surface area (Å²) in [6.45, 7) is 2.25. The summed E-state index contributed by atoms with van der Waals surface area (Å²) in [5.41, 5.74) is 4.24. The van der Waals surface area contributed by atoms with Crippen molar-refractivity contribution in [3.8, 4) is 23.0 Å². The third-order valence-corrected chi connectivity index (χ3v) is 11.0. The molecule has 0 aliphatic heterocycles. The largest absolute Gasteiger partial charge is 1.00 e. The molecule has 2 heterocycles. The summed E-state index contributed by atoms with van der Waals surface area (Å²) in [7, 11) is 10.0. The quantitative estimate of drug-likeness (QED) is 0.0650. The van der Waals surface area contributed by atoms with E-state index >= 15 is 0 Å². The molecular formula is C43H53Cl2N3O6S2. The normalized spacial score (nSPS) is 10.8. The Bertz CT molecular complexity index is 1690. The van der Waals surface area contributed by atoms with E-state index in [-0.39, 0.29) is 30.7 Å². The van der Waals surface area contributed by atoms with Crippen LogP contribution >= 0.6 is 21.6 Å². The average molecular weight is 843 g/mol. The Morgan fingerprint density at radius 3 is 1.46 bits per heavy atom. The van der Waals surface area contributed by atoms with Crippen LogP contribution in [-0.4, -0.2) is 58.2 Å². The zero-order valence-corrected chi connectivity index (χ0v) is 35.7. The Kier molecular flexibility index (Phi) is 23.5. The number of rotatable bonds is 24. The van der Waals surface area contributed by atoms with Gasteiger partial charge in [-0.2, -0.15) is 0 Å². The van der Waals surface area contributed by atoms with E-state index in [0.29, 0.717) is 54.6 Å². The number of methoxy groups -OCH3 is 4. The molecule has 0 unspecified atom stereocenters. The van der Waals surface area contributed by atoms with Gasteiger partial charge in [0.15, 0.2) is 47.8 Å². The number of Topliss-reactive ketones (excluding diaryl/α,β-unsaturated/α-hetero) is 1. The molecule has 0 fully saturated rings. The van der Waals surface area contributed by atoms with E-state index in [0.717, 1.165) is 66.1 Å². The van der Waals surface area contributed by atoms with Crippen molar-refractivity contribution in [1.29, 1.82) is 0 Å². The summed E-state index contributed by atoms with van der Waals surface area (Å²) >= 11 is 0. The molecule has 0 radical (unpaired) electrons. The number of benzene rings is 2. The van der Waals surface area contributed by atoms with Gasteiger partial charge in [0.25, 0.3) is 0 Å². The van der Waals surface area contributed by atoms with E-state index in [1.165, 1.54) is 0 Å². The van der Waals surface area contributed by atoms with E-state index in [1.807, 2.05) is 60.9 Å². The lowest BCUT2D eigenvalue weighted by atomic mass is 10.1. The number of halogens is 2. The van der Waals surface area contributed by atoms with Crippen molar-refractivity contribution in [3.05, 3.63) is 108 Å². The van der Waals surface area contributed by atoms with Gasteiger partial charge in [-0.1, -0.05) is 58.0 Å². The number of hydrogen-bond donors (Lipinski definition) is 1. The number of nitrogens with zero attached hydrogens (tertiary/aromatic N) is 2. The van der Waals surface area contributed by atoms with Crippen molar-refractivity contribution in [1.82, 2.24) is 5.32 Å². The molecule has 2 aromatic heterocycles. The molecule has 0 saturated heterocycles. The maximum Gasteiger partial charge on any atom is 0.220 e. The molecule has 2 aromatic carbocycles. The predicted octanol–water partition coefficient (Wildman–Crippen LogP) is 1.75. The van der Waals surface area contributed by atoms with Gasteiger partial charge in [-0.15, -0.1) is 0 Å². The Morgan fingerprint density at radius 1 is 0.554 bits per heavy atom. The third kappa shape index (κ3) is 17.3. The lowest BCUT2D eigenvalue weighted by Crippen LogP contribution is -3.00. The molecule has 13 heteroatoms. The maximum absolute atomic E-state index is 12.4. The fourth-order valence-electron chi connectivity index (χ4n) is 5.53. The second kappa shape index (κ2) is 27.4. The van der Waals surface area contributed by atoms with E-state index in [1.54, 1.807) is 50.0 Å². The summed E-state index contributed by atoms with van der Waals surface area (Å²) in [5.74, 6) is 5.00. The zero-order valence-electron chi connectivity index (χ0n) is 32.6. The molecule has 1 N–H and O–H groups in total. The number of ketones is 1. The van der Waals surface area contributed by atoms with Crippen molar-refractivity contribution in [3.63, 3.8) is 0 Å². The molecule has 0 saturated carbocycles. The van der Waals surface area contributed by atoms with Crippen LogP contribution in [0.5, 0.6) is 23.0 Å². The van der Waals surface area contributed by atoms with Gasteiger partial charge in [0.2, 0.25) is 5.91 Å². The van der Waals surface area contributed by atoms with Crippen molar-refractivity contribution in [2.45, 2.75) is 51.6 Å². The number of ether oxygens (including phenoxy) is 4.